The zero-order valence-corrected chi connectivity index (χ0v) is 12.9. The maximum Gasteiger partial charge on any atom is 0.243 e. The monoisotopic (exact) mass is 293 g/mol. The largest absolute Gasteiger partial charge is 0.361 e. The summed E-state index contributed by atoms with van der Waals surface area (Å²) in [5.41, 5.74) is 6.29. The Labute approximate surface area is 124 Å². The number of hydrogen-bond acceptors (Lipinski definition) is 5. The fraction of sp³-hybridized carbons (Fsp3) is 0.500. The summed E-state index contributed by atoms with van der Waals surface area (Å²) < 4.78 is 0. The Morgan fingerprint density at radius 3 is 2.62 bits per heavy atom. The van der Waals surface area contributed by atoms with E-state index in [0.29, 0.717) is 11.5 Å². The molecule has 0 unspecified atom stereocenters. The topological polar surface area (TPSA) is 100 Å². The van der Waals surface area contributed by atoms with Gasteiger partial charge in [-0.2, -0.15) is 0 Å². The molecule has 0 aromatic carbocycles. The number of rotatable bonds is 6. The lowest BCUT2D eigenvalue weighted by molar-refractivity contribution is -0.125. The molecule has 116 valence electrons. The number of carbonyl (C=O) groups excluding carboxylic acids is 2. The average Bonchev–Trinajstić information content (AvgIpc) is 2.44. The van der Waals surface area contributed by atoms with Crippen molar-refractivity contribution in [2.45, 2.75) is 19.9 Å². The molecule has 4 N–H and O–H groups in total. The first-order valence-electron chi connectivity index (χ1n) is 6.78. The van der Waals surface area contributed by atoms with E-state index >= 15 is 0 Å². The smallest absolute Gasteiger partial charge is 0.243 e. The lowest BCUT2D eigenvalue weighted by Crippen LogP contribution is -2.46. The van der Waals surface area contributed by atoms with Crippen molar-refractivity contribution < 1.29 is 9.59 Å². The van der Waals surface area contributed by atoms with E-state index in [-0.39, 0.29) is 24.3 Å². The molecule has 1 heterocycles. The number of anilines is 2. The molecule has 0 saturated heterocycles. The molecule has 0 aliphatic rings. The van der Waals surface area contributed by atoms with Crippen LogP contribution in [0.25, 0.3) is 0 Å². The van der Waals surface area contributed by atoms with Crippen molar-refractivity contribution >= 4 is 23.3 Å². The van der Waals surface area contributed by atoms with E-state index in [1.165, 1.54) is 0 Å². The Morgan fingerprint density at radius 2 is 2.05 bits per heavy atom. The molecule has 0 spiro atoms. The molecular formula is C14H23N5O2. The highest BCUT2D eigenvalue weighted by molar-refractivity contribution is 5.97. The summed E-state index contributed by atoms with van der Waals surface area (Å²) in [6, 6.07) is 2.87. The first-order valence-corrected chi connectivity index (χ1v) is 6.78. The number of carbonyl (C=O) groups is 2. The highest BCUT2D eigenvalue weighted by Crippen LogP contribution is 2.19. The van der Waals surface area contributed by atoms with Crippen LogP contribution < -0.4 is 21.3 Å². The summed E-state index contributed by atoms with van der Waals surface area (Å²) in [4.78, 5) is 29.5. The summed E-state index contributed by atoms with van der Waals surface area (Å²) in [5, 5.41) is 5.24. The van der Waals surface area contributed by atoms with Crippen LogP contribution in [0.15, 0.2) is 18.3 Å². The van der Waals surface area contributed by atoms with Crippen LogP contribution in [-0.4, -0.2) is 43.5 Å². The minimum absolute atomic E-state index is 0.0201. The maximum absolute atomic E-state index is 11.9. The van der Waals surface area contributed by atoms with Gasteiger partial charge in [-0.15, -0.1) is 0 Å². The van der Waals surface area contributed by atoms with Gasteiger partial charge in [-0.25, -0.2) is 4.98 Å². The Morgan fingerprint density at radius 1 is 1.38 bits per heavy atom. The van der Waals surface area contributed by atoms with Crippen LogP contribution >= 0.6 is 0 Å². The van der Waals surface area contributed by atoms with E-state index in [0.717, 1.165) is 0 Å². The highest BCUT2D eigenvalue weighted by Gasteiger charge is 2.18. The van der Waals surface area contributed by atoms with E-state index in [2.05, 4.69) is 15.6 Å². The predicted molar refractivity (Wildman–Crippen MR) is 83.0 cm³/mol. The van der Waals surface area contributed by atoms with Crippen LogP contribution in [0, 0.1) is 5.92 Å². The average molecular weight is 293 g/mol. The molecule has 21 heavy (non-hydrogen) atoms. The van der Waals surface area contributed by atoms with Crippen molar-refractivity contribution in [1.29, 1.82) is 0 Å². The quantitative estimate of drug-likeness (QED) is 0.695. The van der Waals surface area contributed by atoms with Crippen LogP contribution in [-0.2, 0) is 9.59 Å². The molecule has 0 radical (unpaired) electrons. The third kappa shape index (κ3) is 5.03. The van der Waals surface area contributed by atoms with Gasteiger partial charge in [-0.05, 0) is 18.1 Å². The molecule has 1 aromatic rings. The number of pyridine rings is 1. The number of aromatic nitrogens is 1. The van der Waals surface area contributed by atoms with Gasteiger partial charge in [0.25, 0.3) is 0 Å². The number of nitrogens with two attached hydrogens (primary N) is 1. The second-order valence-corrected chi connectivity index (χ2v) is 5.30. The molecular weight excluding hydrogens is 270 g/mol. The van der Waals surface area contributed by atoms with E-state index in [1.807, 2.05) is 27.9 Å². The summed E-state index contributed by atoms with van der Waals surface area (Å²) in [6.07, 6.45) is 1.65. The van der Waals surface area contributed by atoms with Gasteiger partial charge < -0.3 is 21.3 Å². The molecule has 1 aromatic heterocycles. The zero-order valence-electron chi connectivity index (χ0n) is 12.9. The van der Waals surface area contributed by atoms with Gasteiger partial charge in [0.2, 0.25) is 11.8 Å². The van der Waals surface area contributed by atoms with E-state index in [1.54, 1.807) is 23.2 Å². The lowest BCUT2D eigenvalue weighted by atomic mass is 10.1. The van der Waals surface area contributed by atoms with E-state index in [4.69, 9.17) is 5.73 Å². The summed E-state index contributed by atoms with van der Waals surface area (Å²) in [5.74, 6) is 0.0114. The molecule has 7 nitrogen and oxygen atoms in total. The number of hydrogen-bond donors (Lipinski definition) is 3. The second kappa shape index (κ2) is 7.58. The second-order valence-electron chi connectivity index (χ2n) is 5.30. The highest BCUT2D eigenvalue weighted by atomic mass is 16.2. The van der Waals surface area contributed by atoms with Gasteiger partial charge >= 0.3 is 0 Å². The van der Waals surface area contributed by atoms with Crippen LogP contribution in [0.5, 0.6) is 0 Å². The molecule has 2 amide bonds. The SMILES string of the molecule is CC(C)[C@H](N)C(=O)NCC(=O)Nc1cccnc1N(C)C. The van der Waals surface area contributed by atoms with Crippen LogP contribution in [0.3, 0.4) is 0 Å². The summed E-state index contributed by atoms with van der Waals surface area (Å²) in [6.45, 7) is 3.58. The minimum Gasteiger partial charge on any atom is -0.361 e. The zero-order chi connectivity index (χ0) is 16.0. The van der Waals surface area contributed by atoms with E-state index < -0.39 is 6.04 Å². The molecule has 0 fully saturated rings. The van der Waals surface area contributed by atoms with Crippen LogP contribution in [0.2, 0.25) is 0 Å². The Bertz CT molecular complexity index is 502. The predicted octanol–water partition coefficient (Wildman–Crippen LogP) is 0.186. The molecule has 7 heteroatoms. The third-order valence-electron chi connectivity index (χ3n) is 2.93. The van der Waals surface area contributed by atoms with Crippen molar-refractivity contribution in [1.82, 2.24) is 10.3 Å². The first-order chi connectivity index (χ1) is 9.82. The van der Waals surface area contributed by atoms with Crippen molar-refractivity contribution in [2.24, 2.45) is 11.7 Å². The fourth-order valence-electron chi connectivity index (χ4n) is 1.63. The lowest BCUT2D eigenvalue weighted by Gasteiger charge is -2.17. The van der Waals surface area contributed by atoms with Crippen molar-refractivity contribution in [2.75, 3.05) is 30.9 Å². The Hall–Kier alpha value is -2.15. The van der Waals surface area contributed by atoms with Gasteiger partial charge in [0.1, 0.15) is 0 Å². The summed E-state index contributed by atoms with van der Waals surface area (Å²) in [7, 11) is 3.67. The third-order valence-corrected chi connectivity index (χ3v) is 2.93. The van der Waals surface area contributed by atoms with Crippen molar-refractivity contribution in [3.63, 3.8) is 0 Å². The maximum atomic E-state index is 11.9. The van der Waals surface area contributed by atoms with E-state index in [9.17, 15) is 9.59 Å². The first kappa shape index (κ1) is 16.9. The summed E-state index contributed by atoms with van der Waals surface area (Å²) >= 11 is 0. The molecule has 0 aliphatic carbocycles. The van der Waals surface area contributed by atoms with Gasteiger partial charge in [0.15, 0.2) is 5.82 Å². The van der Waals surface area contributed by atoms with Crippen molar-refractivity contribution in [3.05, 3.63) is 18.3 Å². The van der Waals surface area contributed by atoms with Crippen LogP contribution in [0.1, 0.15) is 13.8 Å². The molecule has 1 rings (SSSR count). The fourth-order valence-corrected chi connectivity index (χ4v) is 1.63. The Balaban J connectivity index is 2.57. The van der Waals surface area contributed by atoms with Gasteiger partial charge in [-0.3, -0.25) is 9.59 Å². The van der Waals surface area contributed by atoms with Gasteiger partial charge in [0, 0.05) is 20.3 Å². The number of nitrogens with zero attached hydrogens (tertiary/aromatic N) is 2. The normalized spacial score (nSPS) is 11.9. The standard InChI is InChI=1S/C14H23N5O2/c1-9(2)12(15)14(21)17-8-11(20)18-10-6-5-7-16-13(10)19(3)4/h5-7,9,12H,8,15H2,1-4H3,(H,17,21)(H,18,20)/t12-/m0/s1. The number of nitrogens with one attached hydrogen (secondary N) is 2. The molecule has 0 saturated carbocycles. The molecule has 1 atom stereocenters. The molecule has 0 aliphatic heterocycles. The molecule has 0 bridgehead atoms. The van der Waals surface area contributed by atoms with Gasteiger partial charge in [0.05, 0.1) is 18.3 Å². The van der Waals surface area contributed by atoms with Crippen LogP contribution in [0.4, 0.5) is 11.5 Å². The number of amides is 2. The van der Waals surface area contributed by atoms with Crippen molar-refractivity contribution in [3.8, 4) is 0 Å². The van der Waals surface area contributed by atoms with Gasteiger partial charge in [-0.1, -0.05) is 13.8 Å². The minimum atomic E-state index is -0.617. The Kier molecular flexibility index (Phi) is 6.10.